The van der Waals surface area contributed by atoms with Gasteiger partial charge in [-0.3, -0.25) is 4.79 Å². The fourth-order valence-corrected chi connectivity index (χ4v) is 2.93. The Bertz CT molecular complexity index is 660. The highest BCUT2D eigenvalue weighted by Crippen LogP contribution is 2.30. The minimum atomic E-state index is -0.00243. The Labute approximate surface area is 119 Å². The number of anilines is 1. The van der Waals surface area contributed by atoms with Gasteiger partial charge in [-0.2, -0.15) is 0 Å². The van der Waals surface area contributed by atoms with Crippen LogP contribution in [0.5, 0.6) is 0 Å². The molecule has 0 saturated carbocycles. The van der Waals surface area contributed by atoms with Crippen molar-refractivity contribution in [3.63, 3.8) is 0 Å². The quantitative estimate of drug-likeness (QED) is 0.895. The maximum Gasteiger partial charge on any atom is 0.248 e. The van der Waals surface area contributed by atoms with Crippen LogP contribution in [0.3, 0.4) is 0 Å². The van der Waals surface area contributed by atoms with Crippen molar-refractivity contribution in [2.24, 2.45) is 0 Å². The number of H-pyrrole nitrogens is 1. The minimum absolute atomic E-state index is 0.00243. The topological polar surface area (TPSA) is 44.9 Å². The van der Waals surface area contributed by atoms with Gasteiger partial charge in [-0.15, -0.1) is 0 Å². The van der Waals surface area contributed by atoms with E-state index in [2.05, 4.69) is 41.5 Å². The number of aryl methyl sites for hydroxylation is 2. The van der Waals surface area contributed by atoms with Crippen molar-refractivity contribution in [1.29, 1.82) is 0 Å². The number of aromatic nitrogens is 1. The molecule has 0 fully saturated rings. The molecule has 0 amide bonds. The van der Waals surface area contributed by atoms with Gasteiger partial charge in [0.15, 0.2) is 0 Å². The number of fused-ring (bicyclic) bond motifs is 1. The zero-order valence-electron chi connectivity index (χ0n) is 11.8. The van der Waals surface area contributed by atoms with E-state index in [1.165, 1.54) is 11.1 Å². The Kier molecular flexibility index (Phi) is 3.59. The van der Waals surface area contributed by atoms with Crippen LogP contribution in [0.1, 0.15) is 42.6 Å². The van der Waals surface area contributed by atoms with Crippen LogP contribution >= 0.6 is 0 Å². The third kappa shape index (κ3) is 2.62. The van der Waals surface area contributed by atoms with E-state index < -0.39 is 0 Å². The van der Waals surface area contributed by atoms with Crippen LogP contribution in [-0.4, -0.2) is 4.98 Å². The van der Waals surface area contributed by atoms with E-state index in [4.69, 9.17) is 0 Å². The standard InChI is InChI=1S/C17H20N2O/c1-2-12-5-3-6-13(11-12)18-15-7-4-8-16-14(15)9-10-17(20)19-16/h3,5-6,9-11,15,18H,2,4,7-8H2,1H3,(H,19,20). The molecule has 0 saturated heterocycles. The van der Waals surface area contributed by atoms with Crippen molar-refractivity contribution in [2.45, 2.75) is 38.6 Å². The molecule has 3 heteroatoms. The summed E-state index contributed by atoms with van der Waals surface area (Å²) in [6.45, 7) is 2.17. The molecule has 1 atom stereocenters. The van der Waals surface area contributed by atoms with Gasteiger partial charge < -0.3 is 10.3 Å². The minimum Gasteiger partial charge on any atom is -0.378 e. The smallest absolute Gasteiger partial charge is 0.248 e. The van der Waals surface area contributed by atoms with Gasteiger partial charge >= 0.3 is 0 Å². The number of rotatable bonds is 3. The molecule has 0 radical (unpaired) electrons. The summed E-state index contributed by atoms with van der Waals surface area (Å²) in [5, 5.41) is 3.61. The zero-order chi connectivity index (χ0) is 13.9. The van der Waals surface area contributed by atoms with Crippen molar-refractivity contribution in [3.8, 4) is 0 Å². The molecule has 104 valence electrons. The van der Waals surface area contributed by atoms with Crippen LogP contribution in [0.15, 0.2) is 41.2 Å². The molecule has 0 aliphatic heterocycles. The molecule has 2 aromatic rings. The van der Waals surface area contributed by atoms with Crippen LogP contribution in [-0.2, 0) is 12.8 Å². The molecular weight excluding hydrogens is 248 g/mol. The number of benzene rings is 1. The molecule has 1 aromatic carbocycles. The number of pyridine rings is 1. The summed E-state index contributed by atoms with van der Waals surface area (Å²) in [5.41, 5.74) is 4.82. The van der Waals surface area contributed by atoms with E-state index >= 15 is 0 Å². The Morgan fingerprint density at radius 3 is 3.05 bits per heavy atom. The van der Waals surface area contributed by atoms with Gasteiger partial charge in [-0.25, -0.2) is 0 Å². The monoisotopic (exact) mass is 268 g/mol. The predicted molar refractivity (Wildman–Crippen MR) is 82.2 cm³/mol. The highest BCUT2D eigenvalue weighted by molar-refractivity contribution is 5.48. The van der Waals surface area contributed by atoms with Gasteiger partial charge in [-0.05, 0) is 55.0 Å². The first-order valence-corrected chi connectivity index (χ1v) is 7.34. The maximum absolute atomic E-state index is 11.4. The normalized spacial score (nSPS) is 17.6. The Hall–Kier alpha value is -2.03. The van der Waals surface area contributed by atoms with E-state index in [0.29, 0.717) is 6.04 Å². The highest BCUT2D eigenvalue weighted by atomic mass is 16.1. The van der Waals surface area contributed by atoms with Crippen molar-refractivity contribution in [2.75, 3.05) is 5.32 Å². The second-order valence-corrected chi connectivity index (χ2v) is 5.40. The molecule has 2 N–H and O–H groups in total. The lowest BCUT2D eigenvalue weighted by Gasteiger charge is -2.27. The van der Waals surface area contributed by atoms with Gasteiger partial charge in [0.05, 0.1) is 6.04 Å². The first-order valence-electron chi connectivity index (χ1n) is 7.34. The molecule has 3 rings (SSSR count). The third-order valence-electron chi connectivity index (χ3n) is 4.01. The van der Waals surface area contributed by atoms with Gasteiger partial charge in [0.1, 0.15) is 0 Å². The van der Waals surface area contributed by atoms with E-state index in [9.17, 15) is 4.79 Å². The lowest BCUT2D eigenvalue weighted by atomic mass is 9.91. The summed E-state index contributed by atoms with van der Waals surface area (Å²) in [6, 6.07) is 12.5. The van der Waals surface area contributed by atoms with Crippen LogP contribution < -0.4 is 10.9 Å². The predicted octanol–water partition coefficient (Wildman–Crippen LogP) is 3.43. The zero-order valence-corrected chi connectivity index (χ0v) is 11.8. The van der Waals surface area contributed by atoms with Crippen molar-refractivity contribution >= 4 is 5.69 Å². The van der Waals surface area contributed by atoms with Gasteiger partial charge in [-0.1, -0.05) is 19.1 Å². The van der Waals surface area contributed by atoms with E-state index in [1.807, 2.05) is 6.07 Å². The lowest BCUT2D eigenvalue weighted by molar-refractivity contribution is 0.587. The lowest BCUT2D eigenvalue weighted by Crippen LogP contribution is -2.21. The van der Waals surface area contributed by atoms with Gasteiger partial charge in [0, 0.05) is 17.4 Å². The molecule has 1 heterocycles. The number of nitrogens with one attached hydrogen (secondary N) is 2. The van der Waals surface area contributed by atoms with E-state index in [0.717, 1.165) is 37.1 Å². The van der Waals surface area contributed by atoms with Gasteiger partial charge in [0.2, 0.25) is 5.56 Å². The van der Waals surface area contributed by atoms with Crippen molar-refractivity contribution in [3.05, 3.63) is 63.6 Å². The molecular formula is C17H20N2O. The first-order chi connectivity index (χ1) is 9.76. The molecule has 20 heavy (non-hydrogen) atoms. The summed E-state index contributed by atoms with van der Waals surface area (Å²) in [5.74, 6) is 0. The Morgan fingerprint density at radius 1 is 1.30 bits per heavy atom. The largest absolute Gasteiger partial charge is 0.378 e. The van der Waals surface area contributed by atoms with Crippen LogP contribution in [0.4, 0.5) is 5.69 Å². The van der Waals surface area contributed by atoms with E-state index in [1.54, 1.807) is 6.07 Å². The molecule has 1 aromatic heterocycles. The van der Waals surface area contributed by atoms with Gasteiger partial charge in [0.25, 0.3) is 0 Å². The Morgan fingerprint density at radius 2 is 2.20 bits per heavy atom. The molecule has 1 unspecified atom stereocenters. The summed E-state index contributed by atoms with van der Waals surface area (Å²) in [7, 11) is 0. The summed E-state index contributed by atoms with van der Waals surface area (Å²) in [6.07, 6.45) is 4.23. The third-order valence-corrected chi connectivity index (χ3v) is 4.01. The number of hydrogen-bond donors (Lipinski definition) is 2. The molecule has 0 spiro atoms. The Balaban J connectivity index is 1.87. The molecule has 1 aliphatic carbocycles. The summed E-state index contributed by atoms with van der Waals surface area (Å²) in [4.78, 5) is 14.4. The summed E-state index contributed by atoms with van der Waals surface area (Å²) < 4.78 is 0. The first kappa shape index (κ1) is 13.0. The van der Waals surface area contributed by atoms with Crippen LogP contribution in [0.2, 0.25) is 0 Å². The number of aromatic amines is 1. The van der Waals surface area contributed by atoms with Crippen LogP contribution in [0, 0.1) is 0 Å². The van der Waals surface area contributed by atoms with Crippen molar-refractivity contribution in [1.82, 2.24) is 4.98 Å². The van der Waals surface area contributed by atoms with E-state index in [-0.39, 0.29) is 5.56 Å². The number of hydrogen-bond acceptors (Lipinski definition) is 2. The molecule has 1 aliphatic rings. The average Bonchev–Trinajstić information content (AvgIpc) is 2.47. The SMILES string of the molecule is CCc1cccc(NC2CCCc3[nH]c(=O)ccc32)c1. The maximum atomic E-state index is 11.4. The molecule has 0 bridgehead atoms. The average molecular weight is 268 g/mol. The fraction of sp³-hybridized carbons (Fsp3) is 0.353. The highest BCUT2D eigenvalue weighted by Gasteiger charge is 2.20. The summed E-state index contributed by atoms with van der Waals surface area (Å²) >= 11 is 0. The second-order valence-electron chi connectivity index (χ2n) is 5.40. The van der Waals surface area contributed by atoms with Crippen molar-refractivity contribution < 1.29 is 0 Å². The molecule has 3 nitrogen and oxygen atoms in total. The van der Waals surface area contributed by atoms with Crippen LogP contribution in [0.25, 0.3) is 0 Å². The second kappa shape index (κ2) is 5.53. The fourth-order valence-electron chi connectivity index (χ4n) is 2.93.